The molecule has 0 spiro atoms. The molecule has 0 radical (unpaired) electrons. The number of ether oxygens (including phenoxy) is 1. The Morgan fingerprint density at radius 2 is 1.84 bits per heavy atom. The SMILES string of the molecule is COc1cc(C)c(S(=O)N(C)CC(=O)NCC(=O)N(C)Cc2ccc(N)nc2)c(C)c1. The van der Waals surface area contributed by atoms with Crippen molar-refractivity contribution >= 4 is 28.6 Å². The zero-order valence-electron chi connectivity index (χ0n) is 18.5. The van der Waals surface area contributed by atoms with Gasteiger partial charge in [0.25, 0.3) is 0 Å². The summed E-state index contributed by atoms with van der Waals surface area (Å²) >= 11 is 0. The predicted octanol–water partition coefficient (Wildman–Crippen LogP) is 1.02. The fraction of sp³-hybridized carbons (Fsp3) is 0.381. The first kappa shape index (κ1) is 24.3. The van der Waals surface area contributed by atoms with Crippen LogP contribution in [0.2, 0.25) is 0 Å². The fourth-order valence-corrected chi connectivity index (χ4v) is 4.19. The van der Waals surface area contributed by atoms with Gasteiger partial charge in [-0.2, -0.15) is 0 Å². The van der Waals surface area contributed by atoms with Crippen molar-refractivity contribution in [2.24, 2.45) is 0 Å². The van der Waals surface area contributed by atoms with Crippen LogP contribution in [0.5, 0.6) is 5.75 Å². The number of nitrogens with zero attached hydrogens (tertiary/aromatic N) is 3. The molecule has 31 heavy (non-hydrogen) atoms. The molecule has 0 bridgehead atoms. The van der Waals surface area contributed by atoms with Gasteiger partial charge in [-0.3, -0.25) is 9.59 Å². The number of rotatable bonds is 9. The molecule has 0 saturated heterocycles. The van der Waals surface area contributed by atoms with Crippen LogP contribution in [0.3, 0.4) is 0 Å². The van der Waals surface area contributed by atoms with Crippen LogP contribution in [-0.4, -0.2) is 64.5 Å². The second kappa shape index (κ2) is 10.9. The number of benzene rings is 1. The molecular weight excluding hydrogens is 418 g/mol. The number of carbonyl (C=O) groups excluding carboxylic acids is 2. The third kappa shape index (κ3) is 6.76. The lowest BCUT2D eigenvalue weighted by Gasteiger charge is -2.20. The lowest BCUT2D eigenvalue weighted by Crippen LogP contribution is -2.42. The minimum atomic E-state index is -1.53. The molecule has 0 saturated carbocycles. The molecule has 168 valence electrons. The Balaban J connectivity index is 1.88. The van der Waals surface area contributed by atoms with Crippen LogP contribution in [0.25, 0.3) is 0 Å². The Morgan fingerprint density at radius 1 is 1.19 bits per heavy atom. The summed E-state index contributed by atoms with van der Waals surface area (Å²) < 4.78 is 19.6. The summed E-state index contributed by atoms with van der Waals surface area (Å²) in [5.41, 5.74) is 8.02. The summed E-state index contributed by atoms with van der Waals surface area (Å²) in [5, 5.41) is 2.58. The molecule has 1 aromatic carbocycles. The van der Waals surface area contributed by atoms with Crippen LogP contribution in [0.4, 0.5) is 5.82 Å². The van der Waals surface area contributed by atoms with E-state index in [-0.39, 0.29) is 19.0 Å². The summed E-state index contributed by atoms with van der Waals surface area (Å²) in [7, 11) is 3.28. The highest BCUT2D eigenvalue weighted by molar-refractivity contribution is 7.82. The van der Waals surface area contributed by atoms with Crippen molar-refractivity contribution in [3.63, 3.8) is 0 Å². The van der Waals surface area contributed by atoms with E-state index < -0.39 is 16.9 Å². The maximum absolute atomic E-state index is 12.9. The molecule has 1 heterocycles. The highest BCUT2D eigenvalue weighted by Gasteiger charge is 2.20. The van der Waals surface area contributed by atoms with Crippen molar-refractivity contribution in [1.29, 1.82) is 0 Å². The maximum Gasteiger partial charge on any atom is 0.242 e. The average molecular weight is 448 g/mol. The van der Waals surface area contributed by atoms with Crippen molar-refractivity contribution in [3.8, 4) is 5.75 Å². The Hall–Kier alpha value is -2.98. The number of methoxy groups -OCH3 is 1. The van der Waals surface area contributed by atoms with E-state index in [4.69, 9.17) is 10.5 Å². The van der Waals surface area contributed by atoms with E-state index in [0.29, 0.717) is 23.0 Å². The first-order valence-electron chi connectivity index (χ1n) is 9.61. The average Bonchev–Trinajstić information content (AvgIpc) is 2.72. The van der Waals surface area contributed by atoms with E-state index in [1.165, 1.54) is 9.21 Å². The summed E-state index contributed by atoms with van der Waals surface area (Å²) in [6.45, 7) is 3.78. The number of aromatic nitrogens is 1. The number of hydrogen-bond donors (Lipinski definition) is 2. The lowest BCUT2D eigenvalue weighted by molar-refractivity contribution is -0.132. The molecule has 0 fully saturated rings. The van der Waals surface area contributed by atoms with Gasteiger partial charge in [0.15, 0.2) is 0 Å². The van der Waals surface area contributed by atoms with Crippen molar-refractivity contribution < 1.29 is 18.5 Å². The number of pyridine rings is 1. The minimum Gasteiger partial charge on any atom is -0.497 e. The second-order valence-electron chi connectivity index (χ2n) is 7.24. The number of carbonyl (C=O) groups is 2. The number of hydrogen-bond acceptors (Lipinski definition) is 6. The molecule has 1 atom stereocenters. The maximum atomic E-state index is 12.9. The molecule has 1 aromatic heterocycles. The topological polar surface area (TPSA) is 118 Å². The van der Waals surface area contributed by atoms with Crippen LogP contribution in [0, 0.1) is 13.8 Å². The number of nitrogen functional groups attached to an aromatic ring is 1. The van der Waals surface area contributed by atoms with Crippen molar-refractivity contribution in [3.05, 3.63) is 47.2 Å². The molecule has 2 rings (SSSR count). The molecule has 2 aromatic rings. The third-order valence-corrected chi connectivity index (χ3v) is 6.31. The van der Waals surface area contributed by atoms with Gasteiger partial charge in [-0.25, -0.2) is 13.5 Å². The Morgan fingerprint density at radius 3 is 2.39 bits per heavy atom. The van der Waals surface area contributed by atoms with Gasteiger partial charge in [-0.1, -0.05) is 6.07 Å². The normalized spacial score (nSPS) is 11.8. The fourth-order valence-electron chi connectivity index (χ4n) is 2.98. The number of anilines is 1. The van der Waals surface area contributed by atoms with E-state index >= 15 is 0 Å². The molecule has 10 heteroatoms. The van der Waals surface area contributed by atoms with Crippen LogP contribution in [0.1, 0.15) is 16.7 Å². The number of nitrogens with one attached hydrogen (secondary N) is 1. The van der Waals surface area contributed by atoms with Crippen LogP contribution in [-0.2, 0) is 27.1 Å². The second-order valence-corrected chi connectivity index (χ2v) is 8.77. The van der Waals surface area contributed by atoms with Crippen molar-refractivity contribution in [2.75, 3.05) is 40.0 Å². The predicted molar refractivity (Wildman–Crippen MR) is 120 cm³/mol. The molecule has 1 unspecified atom stereocenters. The minimum absolute atomic E-state index is 0.115. The molecule has 0 aliphatic heterocycles. The molecule has 9 nitrogen and oxygen atoms in total. The zero-order chi connectivity index (χ0) is 23.1. The summed E-state index contributed by atoms with van der Waals surface area (Å²) in [6.07, 6.45) is 1.60. The van der Waals surface area contributed by atoms with Gasteiger partial charge in [-0.05, 0) is 48.7 Å². The number of likely N-dealkylation sites (N-methyl/N-ethyl adjacent to an activating group) is 2. The van der Waals surface area contributed by atoms with Gasteiger partial charge in [0.05, 0.1) is 25.1 Å². The zero-order valence-corrected chi connectivity index (χ0v) is 19.3. The molecule has 3 N–H and O–H groups in total. The quantitative estimate of drug-likeness (QED) is 0.593. The van der Waals surface area contributed by atoms with Crippen molar-refractivity contribution in [1.82, 2.24) is 19.5 Å². The Bertz CT molecular complexity index is 942. The van der Waals surface area contributed by atoms with Crippen molar-refractivity contribution in [2.45, 2.75) is 25.3 Å². The standard InChI is InChI=1S/C21H29N5O4S/c1-14-8-17(30-5)9-15(2)21(14)31(29)26(4)13-19(27)24-11-20(28)25(3)12-16-6-7-18(22)23-10-16/h6-10H,11-13H2,1-5H3,(H2,22,23)(H,24,27). The van der Waals surface area contributed by atoms with E-state index in [9.17, 15) is 13.8 Å². The van der Waals surface area contributed by atoms with E-state index in [1.807, 2.05) is 13.8 Å². The van der Waals surface area contributed by atoms with Gasteiger partial charge < -0.3 is 20.7 Å². The smallest absolute Gasteiger partial charge is 0.242 e. The van der Waals surface area contributed by atoms with Gasteiger partial charge in [0.2, 0.25) is 11.8 Å². The lowest BCUT2D eigenvalue weighted by atomic mass is 10.1. The number of nitrogens with two attached hydrogens (primary N) is 1. The molecule has 0 aliphatic rings. The number of amides is 2. The third-order valence-electron chi connectivity index (χ3n) is 4.62. The monoisotopic (exact) mass is 447 g/mol. The number of aryl methyl sites for hydroxylation is 2. The largest absolute Gasteiger partial charge is 0.497 e. The Labute approximate surface area is 185 Å². The summed E-state index contributed by atoms with van der Waals surface area (Å²) in [5.74, 6) is 0.450. The van der Waals surface area contributed by atoms with Gasteiger partial charge in [-0.15, -0.1) is 0 Å². The summed E-state index contributed by atoms with van der Waals surface area (Å²) in [4.78, 5) is 30.7. The molecular formula is C21H29N5O4S. The van der Waals surface area contributed by atoms with E-state index in [0.717, 1.165) is 16.7 Å². The molecule has 2 amide bonds. The highest BCUT2D eigenvalue weighted by atomic mass is 32.2. The van der Waals surface area contributed by atoms with Gasteiger partial charge in [0, 0.05) is 26.8 Å². The first-order valence-corrected chi connectivity index (χ1v) is 10.7. The van der Waals surface area contributed by atoms with Gasteiger partial charge >= 0.3 is 0 Å². The van der Waals surface area contributed by atoms with E-state index in [2.05, 4.69) is 10.3 Å². The summed E-state index contributed by atoms with van der Waals surface area (Å²) in [6, 6.07) is 7.06. The first-order chi connectivity index (χ1) is 14.6. The highest BCUT2D eigenvalue weighted by Crippen LogP contribution is 2.25. The van der Waals surface area contributed by atoms with Crippen LogP contribution >= 0.6 is 0 Å². The molecule has 0 aliphatic carbocycles. The van der Waals surface area contributed by atoms with E-state index in [1.54, 1.807) is 51.7 Å². The van der Waals surface area contributed by atoms with Gasteiger partial charge in [0.1, 0.15) is 22.6 Å². The Kier molecular flexibility index (Phi) is 8.52. The van der Waals surface area contributed by atoms with Crippen LogP contribution in [0.15, 0.2) is 35.4 Å². The van der Waals surface area contributed by atoms with Crippen LogP contribution < -0.4 is 15.8 Å².